The highest BCUT2D eigenvalue weighted by Gasteiger charge is 2.46. The molecule has 2 aliphatic rings. The molecule has 250 valence electrons. The van der Waals surface area contributed by atoms with E-state index in [9.17, 15) is 28.8 Å². The molecule has 5 atom stereocenters. The number of nitrogens with zero attached hydrogens (tertiary/aromatic N) is 1. The number of nitrogens with one attached hydrogen (secondary N) is 3. The Morgan fingerprint density at radius 2 is 1.51 bits per heavy atom. The minimum atomic E-state index is -1.11. The zero-order valence-corrected chi connectivity index (χ0v) is 28.1. The Morgan fingerprint density at radius 1 is 0.933 bits per heavy atom. The van der Waals surface area contributed by atoms with Crippen LogP contribution in [0.1, 0.15) is 97.9 Å². The maximum atomic E-state index is 14.0. The Balaban J connectivity index is 0.00000226. The number of benzene rings is 1. The van der Waals surface area contributed by atoms with Gasteiger partial charge in [0, 0.05) is 12.1 Å². The predicted octanol–water partition coefficient (Wildman–Crippen LogP) is 3.60. The number of amides is 5. The van der Waals surface area contributed by atoms with Crippen molar-refractivity contribution >= 4 is 35.3 Å². The van der Waals surface area contributed by atoms with E-state index in [2.05, 4.69) is 29.8 Å². The van der Waals surface area contributed by atoms with Gasteiger partial charge in [0.25, 0.3) is 5.91 Å². The van der Waals surface area contributed by atoms with Gasteiger partial charge in [0.15, 0.2) is 5.78 Å². The molecular formula is C34H53N5O6. The predicted molar refractivity (Wildman–Crippen MR) is 173 cm³/mol. The molecule has 11 heteroatoms. The average Bonchev–Trinajstić information content (AvgIpc) is 3.70. The molecule has 0 radical (unpaired) electrons. The van der Waals surface area contributed by atoms with Gasteiger partial charge in [0.2, 0.25) is 17.6 Å². The van der Waals surface area contributed by atoms with Crippen LogP contribution in [0.2, 0.25) is 0 Å². The first-order valence-corrected chi connectivity index (χ1v) is 16.1. The van der Waals surface area contributed by atoms with E-state index in [-0.39, 0.29) is 30.1 Å². The number of nitrogens with two attached hydrogens (primary N) is 1. The molecule has 0 bridgehead atoms. The first-order valence-electron chi connectivity index (χ1n) is 16.1. The van der Waals surface area contributed by atoms with Gasteiger partial charge in [-0.15, -0.1) is 0 Å². The second-order valence-electron chi connectivity index (χ2n) is 13.8. The van der Waals surface area contributed by atoms with E-state index in [0.717, 1.165) is 12.8 Å². The maximum Gasteiger partial charge on any atom is 0.316 e. The summed E-state index contributed by atoms with van der Waals surface area (Å²) in [6, 6.07) is 4.23. The normalized spacial score (nSPS) is 19.8. The van der Waals surface area contributed by atoms with Crippen molar-refractivity contribution in [2.75, 3.05) is 6.54 Å². The number of ketones is 2. The standard InChI is InChI=1S/C31H45N5O6.C3H8/c1-17(2)22(24(37)20-10-8-7-9-11-20)34-30(42)35-26(31(4,5)6)29(41)36-15-14-18(3)23(36)28(40)33-21(16-19-12-13-19)25(38)27(32)39;1-3-2/h7-11,17-19,21-23,26H,12-16H2,1-6H3,(H2,32,39)(H,33,40)(H2,34,35,42);3H2,1-2H3/t18?,21?,22?,23-,26?;/m0./s1. The molecule has 2 fully saturated rings. The lowest BCUT2D eigenvalue weighted by Gasteiger charge is -2.36. The van der Waals surface area contributed by atoms with Gasteiger partial charge < -0.3 is 26.6 Å². The van der Waals surface area contributed by atoms with Crippen LogP contribution in [0.3, 0.4) is 0 Å². The number of carbonyl (C=O) groups is 6. The van der Waals surface area contributed by atoms with E-state index >= 15 is 0 Å². The number of hydrogen-bond donors (Lipinski definition) is 4. The minimum Gasteiger partial charge on any atom is -0.363 e. The Kier molecular flexibility index (Phi) is 13.7. The molecule has 1 aliphatic carbocycles. The molecule has 5 N–H and O–H groups in total. The molecule has 3 rings (SSSR count). The Hall–Kier alpha value is -3.76. The Morgan fingerprint density at radius 3 is 2.00 bits per heavy atom. The summed E-state index contributed by atoms with van der Waals surface area (Å²) in [7, 11) is 0. The van der Waals surface area contributed by atoms with Gasteiger partial charge in [-0.1, -0.05) is 105 Å². The van der Waals surface area contributed by atoms with E-state index in [1.165, 1.54) is 11.3 Å². The van der Waals surface area contributed by atoms with Gasteiger partial charge in [-0.25, -0.2) is 4.79 Å². The summed E-state index contributed by atoms with van der Waals surface area (Å²) in [5, 5.41) is 8.21. The average molecular weight is 628 g/mol. The van der Waals surface area contributed by atoms with Crippen LogP contribution in [-0.4, -0.2) is 70.9 Å². The number of urea groups is 1. The monoisotopic (exact) mass is 627 g/mol. The maximum absolute atomic E-state index is 14.0. The van der Waals surface area contributed by atoms with Crippen molar-refractivity contribution in [3.05, 3.63) is 35.9 Å². The van der Waals surface area contributed by atoms with Gasteiger partial charge in [0.05, 0.1) is 12.1 Å². The quantitative estimate of drug-likeness (QED) is 0.204. The molecular weight excluding hydrogens is 574 g/mol. The lowest BCUT2D eigenvalue weighted by molar-refractivity contribution is -0.144. The fourth-order valence-electron chi connectivity index (χ4n) is 5.39. The molecule has 1 saturated carbocycles. The van der Waals surface area contributed by atoms with Crippen LogP contribution < -0.4 is 21.7 Å². The molecule has 1 aromatic rings. The van der Waals surface area contributed by atoms with Crippen LogP contribution in [0, 0.1) is 23.2 Å². The Labute approximate surface area is 267 Å². The van der Waals surface area contributed by atoms with Crippen molar-refractivity contribution in [1.29, 1.82) is 0 Å². The number of hydrogen-bond acceptors (Lipinski definition) is 6. The lowest BCUT2D eigenvalue weighted by Crippen LogP contribution is -2.61. The highest BCUT2D eigenvalue weighted by atomic mass is 16.2. The van der Waals surface area contributed by atoms with E-state index in [4.69, 9.17) is 5.73 Å². The molecule has 11 nitrogen and oxygen atoms in total. The number of rotatable bonds is 12. The third kappa shape index (κ3) is 10.7. The number of carbonyl (C=O) groups excluding carboxylic acids is 6. The van der Waals surface area contributed by atoms with Gasteiger partial charge >= 0.3 is 6.03 Å². The first kappa shape index (κ1) is 37.4. The molecule has 1 aliphatic heterocycles. The zero-order chi connectivity index (χ0) is 34.1. The molecule has 0 spiro atoms. The number of Topliss-reactive ketones (excluding diaryl/α,β-unsaturated/α-hetero) is 2. The zero-order valence-electron chi connectivity index (χ0n) is 28.1. The SMILES string of the molecule is CC(C)C(NC(=O)NC(C(=O)N1CCC(C)[C@H]1C(=O)NC(CC1CC1)C(=O)C(N)=O)C(C)(C)C)C(=O)c1ccccc1.CCC. The number of likely N-dealkylation sites (tertiary alicyclic amines) is 1. The summed E-state index contributed by atoms with van der Waals surface area (Å²) < 4.78 is 0. The fourth-order valence-corrected chi connectivity index (χ4v) is 5.39. The fraction of sp³-hybridized carbons (Fsp3) is 0.647. The minimum absolute atomic E-state index is 0.216. The summed E-state index contributed by atoms with van der Waals surface area (Å²) in [5.41, 5.74) is 4.96. The van der Waals surface area contributed by atoms with E-state index < -0.39 is 59.1 Å². The molecule has 45 heavy (non-hydrogen) atoms. The van der Waals surface area contributed by atoms with Gasteiger partial charge in [-0.05, 0) is 36.0 Å². The van der Waals surface area contributed by atoms with Gasteiger partial charge in [-0.2, -0.15) is 0 Å². The highest BCUT2D eigenvalue weighted by molar-refractivity contribution is 6.37. The van der Waals surface area contributed by atoms with Gasteiger partial charge in [-0.3, -0.25) is 24.0 Å². The molecule has 1 heterocycles. The van der Waals surface area contributed by atoms with Crippen molar-refractivity contribution in [2.24, 2.45) is 28.9 Å². The van der Waals surface area contributed by atoms with Crippen LogP contribution in [0.25, 0.3) is 0 Å². The van der Waals surface area contributed by atoms with Crippen LogP contribution in [0.15, 0.2) is 30.3 Å². The summed E-state index contributed by atoms with van der Waals surface area (Å²) >= 11 is 0. The van der Waals surface area contributed by atoms with Crippen LogP contribution in [0.5, 0.6) is 0 Å². The number of primary amides is 1. The third-order valence-corrected chi connectivity index (χ3v) is 8.08. The molecule has 0 aromatic heterocycles. The van der Waals surface area contributed by atoms with E-state index in [1.54, 1.807) is 51.1 Å². The van der Waals surface area contributed by atoms with Crippen molar-refractivity contribution in [1.82, 2.24) is 20.9 Å². The lowest BCUT2D eigenvalue weighted by atomic mass is 9.85. The van der Waals surface area contributed by atoms with Crippen molar-refractivity contribution < 1.29 is 28.8 Å². The molecule has 4 unspecified atom stereocenters. The van der Waals surface area contributed by atoms with Crippen LogP contribution in [-0.2, 0) is 19.2 Å². The molecule has 1 aromatic carbocycles. The third-order valence-electron chi connectivity index (χ3n) is 8.08. The summed E-state index contributed by atoms with van der Waals surface area (Å²) in [4.78, 5) is 79.3. The smallest absolute Gasteiger partial charge is 0.316 e. The molecule has 1 saturated heterocycles. The second kappa shape index (κ2) is 16.5. The first-order chi connectivity index (χ1) is 21.0. The van der Waals surface area contributed by atoms with Crippen molar-refractivity contribution in [3.63, 3.8) is 0 Å². The molecule has 5 amide bonds. The highest BCUT2D eigenvalue weighted by Crippen LogP contribution is 2.34. The van der Waals surface area contributed by atoms with E-state index in [0.29, 0.717) is 18.4 Å². The second-order valence-corrected chi connectivity index (χ2v) is 13.8. The largest absolute Gasteiger partial charge is 0.363 e. The van der Waals surface area contributed by atoms with Gasteiger partial charge in [0.1, 0.15) is 12.1 Å². The van der Waals surface area contributed by atoms with E-state index in [1.807, 2.05) is 20.8 Å². The summed E-state index contributed by atoms with van der Waals surface area (Å²) in [5.74, 6) is -3.37. The topological polar surface area (TPSA) is 168 Å². The Bertz CT molecular complexity index is 1210. The van der Waals surface area contributed by atoms with Crippen molar-refractivity contribution in [2.45, 2.75) is 112 Å². The van der Waals surface area contributed by atoms with Crippen LogP contribution in [0.4, 0.5) is 4.79 Å². The van der Waals surface area contributed by atoms with Crippen LogP contribution >= 0.6 is 0 Å². The summed E-state index contributed by atoms with van der Waals surface area (Å²) in [6.07, 6.45) is 3.95. The summed E-state index contributed by atoms with van der Waals surface area (Å²) in [6.45, 7) is 15.4. The van der Waals surface area contributed by atoms with Crippen molar-refractivity contribution in [3.8, 4) is 0 Å².